The van der Waals surface area contributed by atoms with Crippen molar-refractivity contribution >= 4 is 23.2 Å². The van der Waals surface area contributed by atoms with Gasteiger partial charge in [0, 0.05) is 36.9 Å². The molecule has 2 N–H and O–H groups in total. The fourth-order valence-electron chi connectivity index (χ4n) is 3.85. The minimum Gasteiger partial charge on any atom is -0.475 e. The molecule has 1 saturated carbocycles. The number of aliphatic carboxylic acids is 1. The molecule has 3 heterocycles. The van der Waals surface area contributed by atoms with Gasteiger partial charge in [-0.15, -0.1) is 11.3 Å². The van der Waals surface area contributed by atoms with Gasteiger partial charge in [0.1, 0.15) is 0 Å². The third kappa shape index (κ3) is 6.39. The molecule has 0 radical (unpaired) electrons. The van der Waals surface area contributed by atoms with Gasteiger partial charge in [0.15, 0.2) is 0 Å². The monoisotopic (exact) mass is 449 g/mol. The van der Waals surface area contributed by atoms with Crippen molar-refractivity contribution in [1.29, 1.82) is 0 Å². The van der Waals surface area contributed by atoms with Gasteiger partial charge in [0.25, 0.3) is 0 Å². The van der Waals surface area contributed by atoms with E-state index in [9.17, 15) is 18.0 Å². The molecular formula is C19H26F3N3O4S. The molecule has 0 spiro atoms. The van der Waals surface area contributed by atoms with Crippen LogP contribution in [0, 0.1) is 24.7 Å². The SMILES string of the molecule is Cc1nc(CN2CC[C@H]3CO[C@H](CNC(=O)C4CC4)[C@H]3C2)cs1.O=C(O)C(F)(F)F. The number of hydrogen-bond donors (Lipinski definition) is 2. The van der Waals surface area contributed by atoms with Crippen LogP contribution in [0.25, 0.3) is 0 Å². The summed E-state index contributed by atoms with van der Waals surface area (Å²) in [6.07, 6.45) is -1.59. The lowest BCUT2D eigenvalue weighted by atomic mass is 9.84. The van der Waals surface area contributed by atoms with E-state index in [2.05, 4.69) is 27.5 Å². The van der Waals surface area contributed by atoms with Crippen LogP contribution < -0.4 is 5.32 Å². The Kier molecular flexibility index (Phi) is 7.35. The van der Waals surface area contributed by atoms with Gasteiger partial charge in [0.05, 0.1) is 23.4 Å². The topological polar surface area (TPSA) is 91.8 Å². The zero-order valence-corrected chi connectivity index (χ0v) is 17.5. The van der Waals surface area contributed by atoms with Crippen molar-refractivity contribution < 1.29 is 32.6 Å². The zero-order chi connectivity index (χ0) is 21.9. The third-order valence-corrected chi connectivity index (χ3v) is 6.44. The summed E-state index contributed by atoms with van der Waals surface area (Å²) in [6.45, 7) is 6.73. The Hall–Kier alpha value is -1.72. The Morgan fingerprint density at radius 1 is 1.37 bits per heavy atom. The average Bonchev–Trinajstić information content (AvgIpc) is 3.34. The summed E-state index contributed by atoms with van der Waals surface area (Å²) >= 11 is 1.72. The number of amides is 1. The highest BCUT2D eigenvalue weighted by Gasteiger charge is 2.41. The summed E-state index contributed by atoms with van der Waals surface area (Å²) in [5, 5.41) is 13.5. The highest BCUT2D eigenvalue weighted by molar-refractivity contribution is 7.09. The fraction of sp³-hybridized carbons (Fsp3) is 0.737. The predicted octanol–water partition coefficient (Wildman–Crippen LogP) is 2.45. The maximum absolute atomic E-state index is 11.8. The second-order valence-electron chi connectivity index (χ2n) is 8.00. The number of thiazole rings is 1. The number of rotatable bonds is 5. The van der Waals surface area contributed by atoms with Crippen molar-refractivity contribution in [2.75, 3.05) is 26.2 Å². The van der Waals surface area contributed by atoms with Crippen LogP contribution in [0.1, 0.15) is 30.0 Å². The lowest BCUT2D eigenvalue weighted by Crippen LogP contribution is -2.45. The summed E-state index contributed by atoms with van der Waals surface area (Å²) in [4.78, 5) is 27.8. The van der Waals surface area contributed by atoms with E-state index in [-0.39, 0.29) is 17.9 Å². The summed E-state index contributed by atoms with van der Waals surface area (Å²) in [6, 6.07) is 0. The number of nitrogens with zero attached hydrogens (tertiary/aromatic N) is 2. The molecule has 2 aliphatic heterocycles. The molecule has 0 bridgehead atoms. The number of aryl methyl sites for hydroxylation is 1. The molecule has 11 heteroatoms. The summed E-state index contributed by atoms with van der Waals surface area (Å²) in [5.41, 5.74) is 1.18. The number of alkyl halides is 3. The molecule has 4 rings (SSSR count). The first-order valence-electron chi connectivity index (χ1n) is 9.96. The lowest BCUT2D eigenvalue weighted by Gasteiger charge is -2.35. The first-order valence-corrected chi connectivity index (χ1v) is 10.8. The van der Waals surface area contributed by atoms with Crippen LogP contribution in [-0.4, -0.2) is 65.4 Å². The van der Waals surface area contributed by atoms with E-state index in [0.717, 1.165) is 44.1 Å². The van der Waals surface area contributed by atoms with Gasteiger partial charge in [-0.3, -0.25) is 9.69 Å². The normalized spacial score (nSPS) is 26.5. The number of aromatic nitrogens is 1. The van der Waals surface area contributed by atoms with Gasteiger partial charge in [-0.2, -0.15) is 13.2 Å². The van der Waals surface area contributed by atoms with E-state index < -0.39 is 12.1 Å². The number of fused-ring (bicyclic) bond motifs is 1. The lowest BCUT2D eigenvalue weighted by molar-refractivity contribution is -0.192. The molecule has 3 fully saturated rings. The maximum Gasteiger partial charge on any atom is 0.490 e. The number of carboxylic acids is 1. The molecular weight excluding hydrogens is 423 g/mol. The van der Waals surface area contributed by atoms with E-state index in [1.807, 2.05) is 0 Å². The molecule has 3 atom stereocenters. The highest BCUT2D eigenvalue weighted by atomic mass is 32.1. The van der Waals surface area contributed by atoms with E-state index in [4.69, 9.17) is 14.6 Å². The second-order valence-corrected chi connectivity index (χ2v) is 9.06. The highest BCUT2D eigenvalue weighted by Crippen LogP contribution is 2.35. The van der Waals surface area contributed by atoms with Crippen molar-refractivity contribution in [3.63, 3.8) is 0 Å². The van der Waals surface area contributed by atoms with Crippen LogP contribution >= 0.6 is 11.3 Å². The van der Waals surface area contributed by atoms with Gasteiger partial charge in [-0.05, 0) is 38.6 Å². The second kappa shape index (κ2) is 9.61. The number of piperidine rings is 1. The van der Waals surface area contributed by atoms with Crippen molar-refractivity contribution in [1.82, 2.24) is 15.2 Å². The standard InChI is InChI=1S/C17H25N3O2S.C2HF3O2/c1-11-19-14(10-23-11)7-20-5-4-13-9-22-16(15(13)8-20)6-18-17(21)12-2-3-12;3-2(4,5)1(6)7/h10,12-13,15-16H,2-9H2,1H3,(H,18,21);(H,6,7)/t13-,15-,16+;/m0./s1. The largest absolute Gasteiger partial charge is 0.490 e. The van der Waals surface area contributed by atoms with Crippen LogP contribution in [0.5, 0.6) is 0 Å². The molecule has 30 heavy (non-hydrogen) atoms. The van der Waals surface area contributed by atoms with Crippen molar-refractivity contribution in [3.8, 4) is 0 Å². The summed E-state index contributed by atoms with van der Waals surface area (Å²) in [5.74, 6) is -1.05. The molecule has 3 aliphatic rings. The molecule has 1 amide bonds. The first-order chi connectivity index (χ1) is 14.1. The van der Waals surface area contributed by atoms with E-state index >= 15 is 0 Å². The third-order valence-electron chi connectivity index (χ3n) is 5.61. The van der Waals surface area contributed by atoms with Gasteiger partial charge >= 0.3 is 12.1 Å². The molecule has 1 aromatic rings. The van der Waals surface area contributed by atoms with Gasteiger partial charge in [-0.25, -0.2) is 9.78 Å². The maximum atomic E-state index is 11.8. The van der Waals surface area contributed by atoms with Gasteiger partial charge < -0.3 is 15.2 Å². The number of hydrogen-bond acceptors (Lipinski definition) is 6. The minimum atomic E-state index is -5.08. The number of nitrogens with one attached hydrogen (secondary N) is 1. The molecule has 168 valence electrons. The van der Waals surface area contributed by atoms with E-state index in [1.165, 1.54) is 12.1 Å². The number of halogens is 3. The Bertz CT molecular complexity index is 754. The molecule has 7 nitrogen and oxygen atoms in total. The van der Waals surface area contributed by atoms with E-state index in [1.54, 1.807) is 11.3 Å². The number of ether oxygens (including phenoxy) is 1. The van der Waals surface area contributed by atoms with Crippen LogP contribution in [0.2, 0.25) is 0 Å². The Labute approximate surface area is 176 Å². The molecule has 1 aromatic heterocycles. The average molecular weight is 449 g/mol. The van der Waals surface area contributed by atoms with Crippen LogP contribution in [0.3, 0.4) is 0 Å². The van der Waals surface area contributed by atoms with Crippen LogP contribution in [-0.2, 0) is 20.9 Å². The van der Waals surface area contributed by atoms with Crippen LogP contribution in [0.15, 0.2) is 5.38 Å². The molecule has 0 aromatic carbocycles. The minimum absolute atomic E-state index is 0.183. The van der Waals surface area contributed by atoms with Gasteiger partial charge in [0.2, 0.25) is 5.91 Å². The number of carbonyl (C=O) groups is 2. The van der Waals surface area contributed by atoms with Crippen molar-refractivity contribution in [3.05, 3.63) is 16.1 Å². The van der Waals surface area contributed by atoms with Gasteiger partial charge in [-0.1, -0.05) is 0 Å². The summed E-state index contributed by atoms with van der Waals surface area (Å²) in [7, 11) is 0. The first kappa shape index (κ1) is 23.0. The Balaban J connectivity index is 0.000000318. The van der Waals surface area contributed by atoms with Crippen molar-refractivity contribution in [2.45, 2.75) is 45.0 Å². The fourth-order valence-corrected chi connectivity index (χ4v) is 4.46. The van der Waals surface area contributed by atoms with Crippen LogP contribution in [0.4, 0.5) is 13.2 Å². The molecule has 1 aliphatic carbocycles. The summed E-state index contributed by atoms with van der Waals surface area (Å²) < 4.78 is 37.7. The van der Waals surface area contributed by atoms with Crippen molar-refractivity contribution in [2.24, 2.45) is 17.8 Å². The number of carboxylic acid groups (broad SMARTS) is 1. The number of carbonyl (C=O) groups excluding carboxylic acids is 1. The quantitative estimate of drug-likeness (QED) is 0.718. The smallest absolute Gasteiger partial charge is 0.475 e. The predicted molar refractivity (Wildman–Crippen MR) is 103 cm³/mol. The van der Waals surface area contributed by atoms with E-state index in [0.29, 0.717) is 18.4 Å². The molecule has 2 saturated heterocycles. The molecule has 0 unspecified atom stereocenters. The zero-order valence-electron chi connectivity index (χ0n) is 16.7. The Morgan fingerprint density at radius 3 is 2.63 bits per heavy atom. The Morgan fingerprint density at radius 2 is 2.07 bits per heavy atom. The number of likely N-dealkylation sites (tertiary alicyclic amines) is 1.